The van der Waals surface area contributed by atoms with Crippen molar-refractivity contribution in [3.63, 3.8) is 0 Å². The van der Waals surface area contributed by atoms with Crippen molar-refractivity contribution in [2.45, 2.75) is 39.2 Å². The topological polar surface area (TPSA) is 75.1 Å². The average Bonchev–Trinajstić information content (AvgIpc) is 2.12. The van der Waals surface area contributed by atoms with Gasteiger partial charge in [0.1, 0.15) is 6.04 Å². The lowest BCUT2D eigenvalue weighted by molar-refractivity contribution is -0.144. The first kappa shape index (κ1) is 11.8. The lowest BCUT2D eigenvalue weighted by Gasteiger charge is -2.08. The van der Waals surface area contributed by atoms with Crippen LogP contribution < -0.4 is 0 Å². The first-order valence-electron chi connectivity index (χ1n) is 4.47. The predicted octanol–water partition coefficient (Wildman–Crippen LogP) is 2.42. The fraction of sp³-hybridized carbons (Fsp3) is 0.875. The number of hydrogen-bond acceptors (Lipinski definition) is 3. The molecule has 0 aliphatic heterocycles. The Hall–Kier alpha value is -1.22. The molecule has 0 fully saturated rings. The second kappa shape index (κ2) is 7.43. The molecule has 1 atom stereocenters. The third kappa shape index (κ3) is 5.09. The molecule has 0 amide bonds. The maximum atomic E-state index is 11.2. The lowest BCUT2D eigenvalue weighted by atomic mass is 10.1. The molecule has 13 heavy (non-hydrogen) atoms. The van der Waals surface area contributed by atoms with Crippen LogP contribution in [0.15, 0.2) is 5.11 Å². The molecule has 1 unspecified atom stereocenters. The zero-order chi connectivity index (χ0) is 10.1. The Kier molecular flexibility index (Phi) is 6.73. The van der Waals surface area contributed by atoms with Crippen LogP contribution in [0.25, 0.3) is 10.4 Å². The minimum absolute atomic E-state index is 0.322. The SMILES string of the molecule is CCCCC(N=[N+]=[N-])C(=O)OCC. The van der Waals surface area contributed by atoms with Crippen molar-refractivity contribution in [3.05, 3.63) is 10.4 Å². The number of unbranched alkanes of at least 4 members (excludes halogenated alkanes) is 1. The molecule has 0 saturated heterocycles. The Bertz CT molecular complexity index is 200. The zero-order valence-electron chi connectivity index (χ0n) is 8.06. The summed E-state index contributed by atoms with van der Waals surface area (Å²) >= 11 is 0. The van der Waals surface area contributed by atoms with Gasteiger partial charge in [0.15, 0.2) is 0 Å². The minimum atomic E-state index is -0.648. The molecule has 0 aliphatic carbocycles. The lowest BCUT2D eigenvalue weighted by Crippen LogP contribution is -2.20. The van der Waals surface area contributed by atoms with E-state index in [2.05, 4.69) is 10.0 Å². The number of azide groups is 1. The monoisotopic (exact) mass is 185 g/mol. The highest BCUT2D eigenvalue weighted by Crippen LogP contribution is 2.06. The molecule has 0 aromatic heterocycles. The fourth-order valence-corrected chi connectivity index (χ4v) is 0.921. The van der Waals surface area contributed by atoms with Gasteiger partial charge in [-0.25, -0.2) is 0 Å². The van der Waals surface area contributed by atoms with Crippen molar-refractivity contribution in [3.8, 4) is 0 Å². The molecule has 5 nitrogen and oxygen atoms in total. The van der Waals surface area contributed by atoms with Crippen molar-refractivity contribution < 1.29 is 9.53 Å². The van der Waals surface area contributed by atoms with Crippen LogP contribution in [0.5, 0.6) is 0 Å². The van der Waals surface area contributed by atoms with Gasteiger partial charge in [-0.15, -0.1) is 0 Å². The fourth-order valence-electron chi connectivity index (χ4n) is 0.921. The van der Waals surface area contributed by atoms with Crippen LogP contribution in [-0.2, 0) is 9.53 Å². The number of ether oxygens (including phenoxy) is 1. The van der Waals surface area contributed by atoms with E-state index in [-0.39, 0.29) is 0 Å². The van der Waals surface area contributed by atoms with Crippen LogP contribution in [0.3, 0.4) is 0 Å². The molecular formula is C8H15N3O2. The van der Waals surface area contributed by atoms with Crippen molar-refractivity contribution in [2.24, 2.45) is 5.11 Å². The molecule has 0 radical (unpaired) electrons. The minimum Gasteiger partial charge on any atom is -0.466 e. The molecule has 0 aromatic carbocycles. The summed E-state index contributed by atoms with van der Waals surface area (Å²) in [5, 5.41) is 3.39. The normalized spacial score (nSPS) is 11.5. The summed E-state index contributed by atoms with van der Waals surface area (Å²) in [6, 6.07) is -0.648. The molecule has 0 aliphatic rings. The van der Waals surface area contributed by atoms with E-state index in [4.69, 9.17) is 10.3 Å². The second-order valence-corrected chi connectivity index (χ2v) is 2.61. The molecule has 0 aromatic rings. The van der Waals surface area contributed by atoms with Gasteiger partial charge in [0.05, 0.1) is 6.61 Å². The van der Waals surface area contributed by atoms with E-state index in [1.54, 1.807) is 6.92 Å². The Morgan fingerprint density at radius 1 is 1.62 bits per heavy atom. The third-order valence-corrected chi connectivity index (χ3v) is 1.58. The number of carbonyl (C=O) groups excluding carboxylic acids is 1. The summed E-state index contributed by atoms with van der Waals surface area (Å²) in [6.45, 7) is 4.06. The zero-order valence-corrected chi connectivity index (χ0v) is 8.06. The standard InChI is InChI=1S/C8H15N3O2/c1-3-5-6-7(10-11-9)8(12)13-4-2/h7H,3-6H2,1-2H3. The van der Waals surface area contributed by atoms with Gasteiger partial charge in [-0.2, -0.15) is 0 Å². The number of esters is 1. The van der Waals surface area contributed by atoms with Gasteiger partial charge in [-0.1, -0.05) is 24.9 Å². The quantitative estimate of drug-likeness (QED) is 0.276. The first-order chi connectivity index (χ1) is 6.26. The largest absolute Gasteiger partial charge is 0.466 e. The third-order valence-electron chi connectivity index (χ3n) is 1.58. The predicted molar refractivity (Wildman–Crippen MR) is 49.1 cm³/mol. The number of hydrogen-bond donors (Lipinski definition) is 0. The van der Waals surface area contributed by atoms with Crippen LogP contribution in [0.2, 0.25) is 0 Å². The van der Waals surface area contributed by atoms with E-state index in [0.717, 1.165) is 12.8 Å². The Labute approximate surface area is 77.7 Å². The summed E-state index contributed by atoms with van der Waals surface area (Å²) < 4.78 is 4.75. The van der Waals surface area contributed by atoms with Gasteiger partial charge >= 0.3 is 5.97 Å². The van der Waals surface area contributed by atoms with E-state index in [9.17, 15) is 4.79 Å². The Balaban J connectivity index is 4.06. The summed E-state index contributed by atoms with van der Waals surface area (Å²) in [4.78, 5) is 13.8. The van der Waals surface area contributed by atoms with E-state index < -0.39 is 12.0 Å². The van der Waals surface area contributed by atoms with Gasteiger partial charge in [-0.3, -0.25) is 4.79 Å². The van der Waals surface area contributed by atoms with Crippen LogP contribution in [-0.4, -0.2) is 18.6 Å². The smallest absolute Gasteiger partial charge is 0.314 e. The molecule has 0 rings (SSSR count). The molecule has 5 heteroatoms. The summed E-state index contributed by atoms with van der Waals surface area (Å²) in [7, 11) is 0. The number of carbonyl (C=O) groups is 1. The average molecular weight is 185 g/mol. The number of rotatable bonds is 6. The summed E-state index contributed by atoms with van der Waals surface area (Å²) in [5.74, 6) is -0.422. The first-order valence-corrected chi connectivity index (χ1v) is 4.47. The van der Waals surface area contributed by atoms with Crippen molar-refractivity contribution in [2.75, 3.05) is 6.61 Å². The van der Waals surface area contributed by atoms with Crippen LogP contribution in [0, 0.1) is 0 Å². The van der Waals surface area contributed by atoms with Crippen molar-refractivity contribution in [1.82, 2.24) is 0 Å². The molecule has 0 bridgehead atoms. The van der Waals surface area contributed by atoms with Crippen LogP contribution in [0.1, 0.15) is 33.1 Å². The highest BCUT2D eigenvalue weighted by Gasteiger charge is 2.16. The molecule has 0 N–H and O–H groups in total. The Morgan fingerprint density at radius 2 is 2.31 bits per heavy atom. The highest BCUT2D eigenvalue weighted by molar-refractivity contribution is 5.75. The second-order valence-electron chi connectivity index (χ2n) is 2.61. The van der Waals surface area contributed by atoms with Crippen molar-refractivity contribution >= 4 is 5.97 Å². The van der Waals surface area contributed by atoms with Gasteiger partial charge in [0.25, 0.3) is 0 Å². The van der Waals surface area contributed by atoms with Crippen LogP contribution >= 0.6 is 0 Å². The van der Waals surface area contributed by atoms with Gasteiger partial charge in [0.2, 0.25) is 0 Å². The van der Waals surface area contributed by atoms with E-state index in [0.29, 0.717) is 13.0 Å². The van der Waals surface area contributed by atoms with E-state index >= 15 is 0 Å². The van der Waals surface area contributed by atoms with E-state index in [1.165, 1.54) is 0 Å². The molecule has 0 spiro atoms. The number of nitrogens with zero attached hydrogens (tertiary/aromatic N) is 3. The summed E-state index contributed by atoms with van der Waals surface area (Å²) in [6.07, 6.45) is 2.40. The maximum Gasteiger partial charge on any atom is 0.314 e. The maximum absolute atomic E-state index is 11.2. The van der Waals surface area contributed by atoms with Gasteiger partial charge < -0.3 is 4.74 Å². The molecule has 74 valence electrons. The van der Waals surface area contributed by atoms with Crippen LogP contribution in [0.4, 0.5) is 0 Å². The molecular weight excluding hydrogens is 170 g/mol. The highest BCUT2D eigenvalue weighted by atomic mass is 16.5. The Morgan fingerprint density at radius 3 is 2.77 bits per heavy atom. The van der Waals surface area contributed by atoms with Crippen molar-refractivity contribution in [1.29, 1.82) is 0 Å². The van der Waals surface area contributed by atoms with Gasteiger partial charge in [-0.05, 0) is 18.9 Å². The molecule has 0 heterocycles. The summed E-state index contributed by atoms with van der Waals surface area (Å²) in [5.41, 5.74) is 8.20. The van der Waals surface area contributed by atoms with E-state index in [1.807, 2.05) is 6.92 Å². The van der Waals surface area contributed by atoms with Gasteiger partial charge in [0, 0.05) is 4.91 Å². The molecule has 0 saturated carbocycles.